The Balaban J connectivity index is 1.55. The molecule has 47 heavy (non-hydrogen) atoms. The number of aliphatic hydroxyl groups excluding tert-OH is 1. The molecule has 1 unspecified atom stereocenters. The van der Waals surface area contributed by atoms with Gasteiger partial charge >= 0.3 is 5.91 Å². The predicted octanol–water partition coefficient (Wildman–Crippen LogP) is 8.48. The molecule has 4 aromatic rings. The second kappa shape index (κ2) is 16.2. The third-order valence-corrected chi connectivity index (χ3v) is 9.86. The topological polar surface area (TPSA) is 111 Å². The summed E-state index contributed by atoms with van der Waals surface area (Å²) in [7, 11) is 0. The number of carbonyl (C=O) groups is 2. The van der Waals surface area contributed by atoms with Crippen LogP contribution in [-0.2, 0) is 15.3 Å². The highest BCUT2D eigenvalue weighted by atomic mass is 35.5. The standard InChI is InChI=1S/C35H36ClN3O6S2/c1-4-7-10-19-45-27-18-15-23(20-28(27)44-6-3)30-29(31(40)22-13-16-25(17-14-22)43-5-2)32(41)33(42)39(30)34-37-38-35(47-34)46-21-24-11-8-9-12-26(24)36/h8-9,11-18,20,30,40H,4-7,10,19,21H2,1-3H3/b31-29+. The lowest BCUT2D eigenvalue weighted by Gasteiger charge is -2.23. The minimum atomic E-state index is -1.01. The fraction of sp³-hybridized carbons (Fsp3) is 0.314. The fourth-order valence-corrected chi connectivity index (χ4v) is 7.26. The molecular formula is C35H36ClN3O6S2. The zero-order chi connectivity index (χ0) is 33.3. The highest BCUT2D eigenvalue weighted by Gasteiger charge is 2.48. The number of aliphatic hydroxyl groups is 1. The average molecular weight is 694 g/mol. The van der Waals surface area contributed by atoms with Crippen LogP contribution < -0.4 is 19.1 Å². The van der Waals surface area contributed by atoms with Gasteiger partial charge in [0.25, 0.3) is 5.78 Å². The van der Waals surface area contributed by atoms with E-state index in [1.165, 1.54) is 28.0 Å². The number of hydrogen-bond donors (Lipinski definition) is 1. The number of ketones is 1. The summed E-state index contributed by atoms with van der Waals surface area (Å²) in [6.07, 6.45) is 3.02. The molecule has 1 amide bonds. The molecule has 1 fully saturated rings. The minimum Gasteiger partial charge on any atom is -0.507 e. The molecule has 0 saturated carbocycles. The van der Waals surface area contributed by atoms with E-state index in [9.17, 15) is 14.7 Å². The smallest absolute Gasteiger partial charge is 0.301 e. The number of unbranched alkanes of at least 4 members (excludes halogenated alkanes) is 2. The van der Waals surface area contributed by atoms with Crippen LogP contribution >= 0.6 is 34.7 Å². The van der Waals surface area contributed by atoms with Gasteiger partial charge in [-0.05, 0) is 73.9 Å². The Morgan fingerprint density at radius 1 is 0.936 bits per heavy atom. The van der Waals surface area contributed by atoms with Crippen LogP contribution in [0.25, 0.3) is 5.76 Å². The number of nitrogens with zero attached hydrogens (tertiary/aromatic N) is 3. The van der Waals surface area contributed by atoms with Gasteiger partial charge in [-0.25, -0.2) is 0 Å². The van der Waals surface area contributed by atoms with E-state index in [0.717, 1.165) is 24.8 Å². The lowest BCUT2D eigenvalue weighted by molar-refractivity contribution is -0.132. The number of benzene rings is 3. The molecule has 12 heteroatoms. The number of thioether (sulfide) groups is 1. The van der Waals surface area contributed by atoms with E-state index < -0.39 is 17.7 Å². The molecule has 1 atom stereocenters. The third-order valence-electron chi connectivity index (χ3n) is 7.38. The van der Waals surface area contributed by atoms with E-state index in [0.29, 0.717) is 63.3 Å². The largest absolute Gasteiger partial charge is 0.507 e. The first-order valence-electron chi connectivity index (χ1n) is 15.5. The Hall–Kier alpha value is -4.06. The van der Waals surface area contributed by atoms with Crippen molar-refractivity contribution in [3.05, 3.63) is 94.0 Å². The summed E-state index contributed by atoms with van der Waals surface area (Å²) in [6.45, 7) is 7.27. The van der Waals surface area contributed by atoms with E-state index in [1.807, 2.05) is 38.1 Å². The number of hydrogen-bond acceptors (Lipinski definition) is 10. The van der Waals surface area contributed by atoms with E-state index in [4.69, 9.17) is 25.8 Å². The number of halogens is 1. The molecule has 0 aliphatic carbocycles. The first-order valence-corrected chi connectivity index (χ1v) is 17.7. The van der Waals surface area contributed by atoms with Crippen molar-refractivity contribution in [1.82, 2.24) is 10.2 Å². The summed E-state index contributed by atoms with van der Waals surface area (Å²) in [5, 5.41) is 21.1. The van der Waals surface area contributed by atoms with Gasteiger partial charge in [0.05, 0.1) is 31.4 Å². The van der Waals surface area contributed by atoms with Crippen molar-refractivity contribution in [1.29, 1.82) is 0 Å². The van der Waals surface area contributed by atoms with Crippen LogP contribution in [0.5, 0.6) is 17.2 Å². The number of ether oxygens (including phenoxy) is 3. The SMILES string of the molecule is CCCCCOc1ccc(C2/C(=C(\O)c3ccc(OCC)cc3)C(=O)C(=O)N2c2nnc(SCc3ccccc3Cl)s2)cc1OCC. The zero-order valence-electron chi connectivity index (χ0n) is 26.4. The molecule has 1 aliphatic heterocycles. The van der Waals surface area contributed by atoms with Crippen molar-refractivity contribution in [3.63, 3.8) is 0 Å². The maximum atomic E-state index is 13.8. The van der Waals surface area contributed by atoms with Crippen LogP contribution in [0.3, 0.4) is 0 Å². The summed E-state index contributed by atoms with van der Waals surface area (Å²) >= 11 is 8.95. The number of rotatable bonds is 15. The van der Waals surface area contributed by atoms with Crippen molar-refractivity contribution in [3.8, 4) is 17.2 Å². The Morgan fingerprint density at radius 2 is 1.70 bits per heavy atom. The van der Waals surface area contributed by atoms with Gasteiger partial charge in [0.2, 0.25) is 5.13 Å². The Labute approximate surface area is 287 Å². The molecular weight excluding hydrogens is 658 g/mol. The molecule has 246 valence electrons. The third kappa shape index (κ3) is 7.91. The molecule has 0 spiro atoms. The molecule has 0 radical (unpaired) electrons. The summed E-state index contributed by atoms with van der Waals surface area (Å²) in [5.41, 5.74) is 1.78. The Kier molecular flexibility index (Phi) is 11.8. The normalized spacial score (nSPS) is 15.7. The number of anilines is 1. The summed E-state index contributed by atoms with van der Waals surface area (Å²) in [5.74, 6) is 0.234. The molecule has 0 bridgehead atoms. The lowest BCUT2D eigenvalue weighted by atomic mass is 9.95. The van der Waals surface area contributed by atoms with Crippen LogP contribution in [0.1, 0.15) is 62.8 Å². The maximum absolute atomic E-state index is 13.8. The highest BCUT2D eigenvalue weighted by molar-refractivity contribution is 8.00. The summed E-state index contributed by atoms with van der Waals surface area (Å²) in [4.78, 5) is 28.8. The van der Waals surface area contributed by atoms with Gasteiger partial charge < -0.3 is 19.3 Å². The molecule has 5 rings (SSSR count). The zero-order valence-corrected chi connectivity index (χ0v) is 28.8. The number of aromatic nitrogens is 2. The number of carbonyl (C=O) groups excluding carboxylic acids is 2. The summed E-state index contributed by atoms with van der Waals surface area (Å²) < 4.78 is 18.1. The van der Waals surface area contributed by atoms with Crippen molar-refractivity contribution >= 4 is 57.3 Å². The first-order chi connectivity index (χ1) is 22.9. The van der Waals surface area contributed by atoms with Crippen LogP contribution in [0.2, 0.25) is 5.02 Å². The van der Waals surface area contributed by atoms with E-state index in [-0.39, 0.29) is 16.5 Å². The highest BCUT2D eigenvalue weighted by Crippen LogP contribution is 2.46. The Morgan fingerprint density at radius 3 is 2.43 bits per heavy atom. The van der Waals surface area contributed by atoms with Crippen molar-refractivity contribution in [2.24, 2.45) is 0 Å². The molecule has 9 nitrogen and oxygen atoms in total. The lowest BCUT2D eigenvalue weighted by Crippen LogP contribution is -2.29. The summed E-state index contributed by atoms with van der Waals surface area (Å²) in [6, 6.07) is 18.5. The van der Waals surface area contributed by atoms with Crippen molar-refractivity contribution in [2.75, 3.05) is 24.7 Å². The van der Waals surface area contributed by atoms with Crippen molar-refractivity contribution < 1.29 is 28.9 Å². The molecule has 1 N–H and O–H groups in total. The maximum Gasteiger partial charge on any atom is 0.301 e. The van der Waals surface area contributed by atoms with Gasteiger partial charge in [-0.3, -0.25) is 14.5 Å². The molecule has 1 aromatic heterocycles. The van der Waals surface area contributed by atoms with E-state index in [2.05, 4.69) is 17.1 Å². The van der Waals surface area contributed by atoms with E-state index in [1.54, 1.807) is 42.5 Å². The predicted molar refractivity (Wildman–Crippen MR) is 186 cm³/mol. The number of Topliss-reactive ketones (excluding diaryl/α,β-unsaturated/α-hetero) is 1. The van der Waals surface area contributed by atoms with Crippen LogP contribution in [-0.4, -0.2) is 46.8 Å². The van der Waals surface area contributed by atoms with Gasteiger partial charge in [0.15, 0.2) is 15.8 Å². The Bertz CT molecular complexity index is 1740. The fourth-order valence-electron chi connectivity index (χ4n) is 5.11. The van der Waals surface area contributed by atoms with E-state index >= 15 is 0 Å². The van der Waals surface area contributed by atoms with Crippen LogP contribution in [0.4, 0.5) is 5.13 Å². The number of amides is 1. The van der Waals surface area contributed by atoms with Crippen LogP contribution in [0, 0.1) is 0 Å². The van der Waals surface area contributed by atoms with Gasteiger partial charge in [-0.1, -0.05) is 78.7 Å². The quantitative estimate of drug-likeness (QED) is 0.0327. The molecule has 2 heterocycles. The van der Waals surface area contributed by atoms with Gasteiger partial charge in [-0.2, -0.15) is 0 Å². The second-order valence-corrected chi connectivity index (χ2v) is 13.1. The van der Waals surface area contributed by atoms with Crippen molar-refractivity contribution in [2.45, 2.75) is 56.2 Å². The van der Waals surface area contributed by atoms with Gasteiger partial charge in [-0.15, -0.1) is 10.2 Å². The molecule has 1 saturated heterocycles. The minimum absolute atomic E-state index is 0.0707. The monoisotopic (exact) mass is 693 g/mol. The van der Waals surface area contributed by atoms with Gasteiger partial charge in [0, 0.05) is 16.3 Å². The first kappa shape index (κ1) is 34.3. The molecule has 1 aliphatic rings. The molecule has 3 aromatic carbocycles. The average Bonchev–Trinajstić information content (AvgIpc) is 3.65. The van der Waals surface area contributed by atoms with Gasteiger partial charge in [0.1, 0.15) is 11.5 Å². The van der Waals surface area contributed by atoms with Crippen LogP contribution in [0.15, 0.2) is 76.6 Å². The second-order valence-electron chi connectivity index (χ2n) is 10.6.